The van der Waals surface area contributed by atoms with Crippen LogP contribution in [0.5, 0.6) is 0 Å². The van der Waals surface area contributed by atoms with Gasteiger partial charge in [-0.2, -0.15) is 0 Å². The van der Waals surface area contributed by atoms with E-state index in [9.17, 15) is 18.8 Å². The molecule has 1 N–H and O–H groups in total. The summed E-state index contributed by atoms with van der Waals surface area (Å²) in [5.41, 5.74) is 1.80. The molecule has 7 nitrogen and oxygen atoms in total. The van der Waals surface area contributed by atoms with Crippen molar-refractivity contribution in [3.05, 3.63) is 59.9 Å². The van der Waals surface area contributed by atoms with Crippen molar-refractivity contribution in [2.45, 2.75) is 43.4 Å². The van der Waals surface area contributed by atoms with E-state index in [1.54, 1.807) is 18.1 Å². The number of methoxy groups -OCH3 is 1. The van der Waals surface area contributed by atoms with Crippen LogP contribution in [0.15, 0.2) is 48.5 Å². The lowest BCUT2D eigenvalue weighted by molar-refractivity contribution is -0.146. The smallest absolute Gasteiger partial charge is 0.311 e. The van der Waals surface area contributed by atoms with E-state index < -0.39 is 17.4 Å². The molecule has 1 saturated carbocycles. The second-order valence-corrected chi connectivity index (χ2v) is 9.25. The molecule has 2 fully saturated rings. The second kappa shape index (κ2) is 9.54. The van der Waals surface area contributed by atoms with Gasteiger partial charge in [0.05, 0.1) is 12.1 Å². The van der Waals surface area contributed by atoms with Crippen LogP contribution in [0.25, 0.3) is 11.1 Å². The molecule has 2 aromatic rings. The van der Waals surface area contributed by atoms with E-state index in [4.69, 9.17) is 4.74 Å². The first-order valence-corrected chi connectivity index (χ1v) is 11.5. The number of carbonyl (C=O) groups is 3. The average molecular weight is 468 g/mol. The van der Waals surface area contributed by atoms with Gasteiger partial charge in [-0.1, -0.05) is 36.4 Å². The molecule has 34 heavy (non-hydrogen) atoms. The van der Waals surface area contributed by atoms with Crippen molar-refractivity contribution >= 4 is 17.7 Å². The molecule has 4 rings (SSSR count). The van der Waals surface area contributed by atoms with E-state index >= 15 is 0 Å². The fraction of sp³-hybridized carbons (Fsp3) is 0.423. The minimum absolute atomic E-state index is 0.0722. The molecular formula is C26H30FN3O4. The molecule has 1 saturated heterocycles. The first-order valence-electron chi connectivity index (χ1n) is 11.5. The molecule has 2 atom stereocenters. The van der Waals surface area contributed by atoms with Gasteiger partial charge in [0.25, 0.3) is 5.91 Å². The molecule has 0 radical (unpaired) electrons. The lowest BCUT2D eigenvalue weighted by atomic mass is 9.96. The Kier molecular flexibility index (Phi) is 6.70. The van der Waals surface area contributed by atoms with E-state index in [0.717, 1.165) is 16.7 Å². The van der Waals surface area contributed by atoms with E-state index in [-0.39, 0.29) is 23.8 Å². The van der Waals surface area contributed by atoms with Gasteiger partial charge in [0.2, 0.25) is 0 Å². The normalized spacial score (nSPS) is 20.6. The van der Waals surface area contributed by atoms with Gasteiger partial charge in [0, 0.05) is 27.7 Å². The van der Waals surface area contributed by atoms with Gasteiger partial charge >= 0.3 is 11.8 Å². The van der Waals surface area contributed by atoms with Crippen molar-refractivity contribution in [2.24, 2.45) is 0 Å². The fourth-order valence-corrected chi connectivity index (χ4v) is 4.63. The molecule has 2 aromatic carbocycles. The zero-order valence-electron chi connectivity index (χ0n) is 19.7. The highest BCUT2D eigenvalue weighted by atomic mass is 19.1. The molecule has 2 aliphatic rings. The Labute approximate surface area is 198 Å². The summed E-state index contributed by atoms with van der Waals surface area (Å²) in [6.45, 7) is 0.472. The largest absolute Gasteiger partial charge is 0.368 e. The number of nitrogens with one attached hydrogen (secondary N) is 1. The second-order valence-electron chi connectivity index (χ2n) is 9.25. The fourth-order valence-electron chi connectivity index (χ4n) is 4.63. The van der Waals surface area contributed by atoms with Gasteiger partial charge in [-0.15, -0.1) is 0 Å². The summed E-state index contributed by atoms with van der Waals surface area (Å²) in [4.78, 5) is 41.0. The molecule has 1 aliphatic heterocycles. The van der Waals surface area contributed by atoms with Crippen LogP contribution in [-0.4, -0.2) is 73.0 Å². The Hall–Kier alpha value is -3.26. The number of nitrogens with zero attached hydrogens (tertiary/aromatic N) is 2. The number of ether oxygens (including phenoxy) is 1. The molecule has 3 amide bonds. The van der Waals surface area contributed by atoms with Crippen LogP contribution in [0.4, 0.5) is 4.39 Å². The number of carbonyl (C=O) groups excluding carboxylic acids is 3. The first kappa shape index (κ1) is 23.9. The van der Waals surface area contributed by atoms with Gasteiger partial charge in [-0.3, -0.25) is 14.4 Å². The van der Waals surface area contributed by atoms with Crippen LogP contribution in [-0.2, 0) is 25.5 Å². The number of halogens is 1. The molecule has 1 aliphatic carbocycles. The summed E-state index contributed by atoms with van der Waals surface area (Å²) in [5, 5.41) is 2.84. The van der Waals surface area contributed by atoms with E-state index in [1.165, 1.54) is 31.1 Å². The zero-order chi connectivity index (χ0) is 24.5. The van der Waals surface area contributed by atoms with Crippen molar-refractivity contribution in [3.63, 3.8) is 0 Å². The quantitative estimate of drug-likeness (QED) is 0.662. The Morgan fingerprint density at radius 2 is 1.79 bits per heavy atom. The van der Waals surface area contributed by atoms with Crippen LogP contribution in [0.3, 0.4) is 0 Å². The van der Waals surface area contributed by atoms with Crippen molar-refractivity contribution in [2.75, 3.05) is 27.7 Å². The number of likely N-dealkylation sites (tertiary alicyclic amines) is 1. The number of hydrogen-bond acceptors (Lipinski definition) is 4. The summed E-state index contributed by atoms with van der Waals surface area (Å²) < 4.78 is 19.3. The minimum Gasteiger partial charge on any atom is -0.368 e. The van der Waals surface area contributed by atoms with Gasteiger partial charge in [-0.25, -0.2) is 4.39 Å². The predicted molar refractivity (Wildman–Crippen MR) is 125 cm³/mol. The Bertz CT molecular complexity index is 1100. The monoisotopic (exact) mass is 467 g/mol. The highest BCUT2D eigenvalue weighted by Gasteiger charge is 2.55. The molecular weight excluding hydrogens is 437 g/mol. The predicted octanol–water partition coefficient (Wildman–Crippen LogP) is 2.39. The van der Waals surface area contributed by atoms with Gasteiger partial charge < -0.3 is 19.9 Å². The lowest BCUT2D eigenvalue weighted by Crippen LogP contribution is -2.53. The van der Waals surface area contributed by atoms with Crippen LogP contribution < -0.4 is 5.32 Å². The van der Waals surface area contributed by atoms with E-state index in [0.29, 0.717) is 32.2 Å². The third kappa shape index (κ3) is 4.82. The average Bonchev–Trinajstić information content (AvgIpc) is 3.55. The van der Waals surface area contributed by atoms with Crippen molar-refractivity contribution in [1.29, 1.82) is 0 Å². The first-order chi connectivity index (χ1) is 16.2. The van der Waals surface area contributed by atoms with Crippen LogP contribution in [0, 0.1) is 5.82 Å². The third-order valence-corrected chi connectivity index (χ3v) is 6.74. The number of benzene rings is 2. The van der Waals surface area contributed by atoms with Crippen molar-refractivity contribution < 1.29 is 23.5 Å². The Balaban J connectivity index is 1.60. The van der Waals surface area contributed by atoms with Gasteiger partial charge in [-0.05, 0) is 54.5 Å². The molecule has 0 bridgehead atoms. The van der Waals surface area contributed by atoms with E-state index in [1.807, 2.05) is 30.3 Å². The SMILES string of the molecule is COC1(C(=O)N2CC[C@H](NC(=O)C(=O)N(C)C)[C@@H]2Cc2cccc(-c3cccc(F)c3)c2)CC1. The third-order valence-electron chi connectivity index (χ3n) is 6.74. The summed E-state index contributed by atoms with van der Waals surface area (Å²) in [5.74, 6) is -1.70. The standard InChI is InChI=1S/C26H30FN3O4/c1-29(2)24(32)23(31)28-21-10-13-30(25(33)26(34-3)11-12-26)22(21)15-17-6-4-7-18(14-17)19-8-5-9-20(27)16-19/h4-9,14,16,21-22H,10-13,15H2,1-3H3,(H,28,31)/t21-,22-/m0/s1. The number of amides is 3. The molecule has 1 heterocycles. The summed E-state index contributed by atoms with van der Waals surface area (Å²) in [6.07, 6.45) is 2.38. The highest BCUT2D eigenvalue weighted by Crippen LogP contribution is 2.42. The highest BCUT2D eigenvalue weighted by molar-refractivity contribution is 6.34. The van der Waals surface area contributed by atoms with Crippen LogP contribution in [0.1, 0.15) is 24.8 Å². The van der Waals surface area contributed by atoms with Gasteiger partial charge in [0.1, 0.15) is 11.4 Å². The maximum atomic E-state index is 13.7. The van der Waals surface area contributed by atoms with Gasteiger partial charge in [0.15, 0.2) is 0 Å². The van der Waals surface area contributed by atoms with Crippen molar-refractivity contribution in [3.8, 4) is 11.1 Å². The zero-order valence-corrected chi connectivity index (χ0v) is 19.7. The molecule has 0 unspecified atom stereocenters. The summed E-state index contributed by atoms with van der Waals surface area (Å²) in [7, 11) is 4.60. The van der Waals surface area contributed by atoms with E-state index in [2.05, 4.69) is 5.32 Å². The van der Waals surface area contributed by atoms with Crippen LogP contribution in [0.2, 0.25) is 0 Å². The Morgan fingerprint density at radius 3 is 2.41 bits per heavy atom. The number of likely N-dealkylation sites (N-methyl/N-ethyl adjacent to an activating group) is 1. The topological polar surface area (TPSA) is 79.0 Å². The Morgan fingerprint density at radius 1 is 1.12 bits per heavy atom. The lowest BCUT2D eigenvalue weighted by Gasteiger charge is -2.31. The molecule has 8 heteroatoms. The molecule has 0 aromatic heterocycles. The minimum atomic E-state index is -0.778. The molecule has 180 valence electrons. The summed E-state index contributed by atoms with van der Waals surface area (Å²) in [6, 6.07) is 13.4. The number of hydrogen-bond donors (Lipinski definition) is 1. The maximum Gasteiger partial charge on any atom is 0.311 e. The number of rotatable bonds is 6. The summed E-state index contributed by atoms with van der Waals surface area (Å²) >= 11 is 0. The maximum absolute atomic E-state index is 13.7. The molecule has 0 spiro atoms. The van der Waals surface area contributed by atoms with Crippen LogP contribution >= 0.6 is 0 Å². The van der Waals surface area contributed by atoms with Crippen molar-refractivity contribution in [1.82, 2.24) is 15.1 Å².